The summed E-state index contributed by atoms with van der Waals surface area (Å²) in [4.78, 5) is 31.1. The monoisotopic (exact) mass is 674 g/mol. The van der Waals surface area contributed by atoms with Crippen molar-refractivity contribution in [2.75, 3.05) is 18.0 Å². The Labute approximate surface area is 303 Å². The van der Waals surface area contributed by atoms with Crippen molar-refractivity contribution in [3.8, 4) is 0 Å². The zero-order valence-electron chi connectivity index (χ0n) is 33.3. The summed E-state index contributed by atoms with van der Waals surface area (Å²) in [6.07, 6.45) is 8.10. The van der Waals surface area contributed by atoms with Gasteiger partial charge >= 0.3 is 0 Å². The van der Waals surface area contributed by atoms with Crippen molar-refractivity contribution in [1.29, 1.82) is 0 Å². The van der Waals surface area contributed by atoms with Gasteiger partial charge in [0, 0.05) is 35.9 Å². The zero-order valence-corrected chi connectivity index (χ0v) is 33.3. The third-order valence-electron chi connectivity index (χ3n) is 10.2. The van der Waals surface area contributed by atoms with Gasteiger partial charge in [0.15, 0.2) is 5.78 Å². The summed E-state index contributed by atoms with van der Waals surface area (Å²) in [6, 6.07) is 20.6. The van der Waals surface area contributed by atoms with Gasteiger partial charge in [-0.1, -0.05) is 138 Å². The van der Waals surface area contributed by atoms with Crippen LogP contribution in [0.2, 0.25) is 0 Å². The SMILES string of the molecule is Cc1ccccc1N(CCNC1C=CC=CC1(C)C(=O)c1cc(C(C)(C)C)cc(C(C)(C)C)c1)C(=O)c1cc(C(C)(C)C)cc(C(C)(C)C)c1. The molecule has 50 heavy (non-hydrogen) atoms. The molecule has 0 aliphatic heterocycles. The van der Waals surface area contributed by atoms with Crippen LogP contribution in [0.1, 0.15) is 139 Å². The van der Waals surface area contributed by atoms with Crippen molar-refractivity contribution >= 4 is 17.4 Å². The first kappa shape index (κ1) is 39.0. The normalized spacial score (nSPS) is 18.3. The maximum Gasteiger partial charge on any atom is 0.258 e. The number of nitrogens with one attached hydrogen (secondary N) is 1. The van der Waals surface area contributed by atoms with Gasteiger partial charge in [-0.05, 0) is 93.7 Å². The Balaban J connectivity index is 1.68. The fourth-order valence-electron chi connectivity index (χ4n) is 6.47. The molecule has 0 aromatic heterocycles. The van der Waals surface area contributed by atoms with Gasteiger partial charge in [-0.2, -0.15) is 0 Å². The van der Waals surface area contributed by atoms with E-state index in [4.69, 9.17) is 0 Å². The summed E-state index contributed by atoms with van der Waals surface area (Å²) in [5, 5.41) is 3.70. The Kier molecular flexibility index (Phi) is 11.0. The van der Waals surface area contributed by atoms with E-state index in [0.29, 0.717) is 18.7 Å². The van der Waals surface area contributed by atoms with E-state index in [0.717, 1.165) is 39.1 Å². The lowest BCUT2D eigenvalue weighted by Gasteiger charge is -2.36. The molecule has 3 aromatic rings. The van der Waals surface area contributed by atoms with E-state index >= 15 is 0 Å². The average molecular weight is 675 g/mol. The number of hydrogen-bond acceptors (Lipinski definition) is 3. The fourth-order valence-corrected chi connectivity index (χ4v) is 6.47. The number of aryl methyl sites for hydroxylation is 1. The minimum atomic E-state index is -0.805. The minimum Gasteiger partial charge on any atom is -0.308 e. The maximum absolute atomic E-state index is 14.6. The second-order valence-electron chi connectivity index (χ2n) is 18.6. The first-order valence-electron chi connectivity index (χ1n) is 18.3. The van der Waals surface area contributed by atoms with E-state index in [1.807, 2.05) is 48.3 Å². The lowest BCUT2D eigenvalue weighted by Crippen LogP contribution is -2.49. The highest BCUT2D eigenvalue weighted by atomic mass is 16.2. The van der Waals surface area contributed by atoms with E-state index < -0.39 is 5.41 Å². The van der Waals surface area contributed by atoms with Crippen LogP contribution in [0.15, 0.2) is 85.0 Å². The van der Waals surface area contributed by atoms with Crippen molar-refractivity contribution in [2.24, 2.45) is 5.41 Å². The predicted molar refractivity (Wildman–Crippen MR) is 213 cm³/mol. The molecule has 1 amide bonds. The second-order valence-corrected chi connectivity index (χ2v) is 18.6. The minimum absolute atomic E-state index is 0.0238. The van der Waals surface area contributed by atoms with Crippen LogP contribution < -0.4 is 10.2 Å². The number of Topliss-reactive ketones (excluding diaryl/α,β-unsaturated/α-hetero) is 1. The zero-order chi connectivity index (χ0) is 37.4. The van der Waals surface area contributed by atoms with Crippen molar-refractivity contribution < 1.29 is 9.59 Å². The molecule has 0 spiro atoms. The molecular weight excluding hydrogens is 613 g/mol. The van der Waals surface area contributed by atoms with Crippen LogP contribution in [-0.4, -0.2) is 30.8 Å². The third-order valence-corrected chi connectivity index (χ3v) is 10.2. The van der Waals surface area contributed by atoms with Gasteiger partial charge in [0.05, 0.1) is 5.41 Å². The maximum atomic E-state index is 14.6. The summed E-state index contributed by atoms with van der Waals surface area (Å²) in [5.41, 5.74) is 6.77. The highest BCUT2D eigenvalue weighted by Gasteiger charge is 2.40. The molecule has 0 saturated carbocycles. The number of carbonyl (C=O) groups is 2. The first-order valence-corrected chi connectivity index (χ1v) is 18.3. The van der Waals surface area contributed by atoms with Crippen molar-refractivity contribution in [1.82, 2.24) is 5.32 Å². The summed E-state index contributed by atoms with van der Waals surface area (Å²) in [7, 11) is 0. The Morgan fingerprint density at radius 3 is 1.60 bits per heavy atom. The molecule has 0 saturated heterocycles. The Hall–Kier alpha value is -3.76. The van der Waals surface area contributed by atoms with Gasteiger partial charge < -0.3 is 10.2 Å². The van der Waals surface area contributed by atoms with Gasteiger partial charge in [-0.15, -0.1) is 0 Å². The number of para-hydroxylation sites is 1. The smallest absolute Gasteiger partial charge is 0.258 e. The highest BCUT2D eigenvalue weighted by molar-refractivity contribution is 6.07. The molecule has 268 valence electrons. The Morgan fingerprint density at radius 1 is 0.680 bits per heavy atom. The number of benzene rings is 3. The van der Waals surface area contributed by atoms with Gasteiger partial charge in [-0.3, -0.25) is 9.59 Å². The van der Waals surface area contributed by atoms with Crippen LogP contribution >= 0.6 is 0 Å². The molecule has 4 heteroatoms. The molecule has 0 radical (unpaired) electrons. The Morgan fingerprint density at radius 2 is 1.14 bits per heavy atom. The molecule has 1 N–H and O–H groups in total. The van der Waals surface area contributed by atoms with Crippen molar-refractivity contribution in [3.63, 3.8) is 0 Å². The molecule has 0 bridgehead atoms. The van der Waals surface area contributed by atoms with E-state index in [1.165, 1.54) is 0 Å². The molecular formula is C46H62N2O2. The highest BCUT2D eigenvalue weighted by Crippen LogP contribution is 2.37. The van der Waals surface area contributed by atoms with Gasteiger partial charge in [0.1, 0.15) is 0 Å². The number of anilines is 1. The molecule has 3 aromatic carbocycles. The second kappa shape index (κ2) is 14.1. The number of hydrogen-bond donors (Lipinski definition) is 1. The van der Waals surface area contributed by atoms with Crippen LogP contribution in [0.5, 0.6) is 0 Å². The standard InChI is InChI=1S/C46H62N2O2/c1-31-19-15-16-20-38(31)48(41(50)33-27-36(44(8,9)10)30-37(28-33)45(11,12)13)24-23-47-39-21-17-18-22-46(39,14)40(49)32-25-34(42(2,3)4)29-35(26-32)43(5,6)7/h15-22,25-30,39,47H,23-24H2,1-14H3. The van der Waals surface area contributed by atoms with E-state index in [1.54, 1.807) is 0 Å². The number of nitrogens with zero attached hydrogens (tertiary/aromatic N) is 1. The van der Waals surface area contributed by atoms with Crippen molar-refractivity contribution in [3.05, 3.63) is 124 Å². The number of rotatable bonds is 8. The van der Waals surface area contributed by atoms with Gasteiger partial charge in [-0.25, -0.2) is 0 Å². The molecule has 1 aliphatic rings. The number of allylic oxidation sites excluding steroid dienone is 2. The largest absolute Gasteiger partial charge is 0.308 e. The summed E-state index contributed by atoms with van der Waals surface area (Å²) in [5.74, 6) is 0.0667. The van der Waals surface area contributed by atoms with E-state index in [-0.39, 0.29) is 39.4 Å². The number of ketones is 1. The average Bonchev–Trinajstić information content (AvgIpc) is 3.01. The lowest BCUT2D eigenvalue weighted by molar-refractivity contribution is 0.0839. The quantitative estimate of drug-likeness (QED) is 0.242. The lowest BCUT2D eigenvalue weighted by atomic mass is 9.71. The number of carbonyl (C=O) groups excluding carboxylic acids is 2. The molecule has 0 fully saturated rings. The van der Waals surface area contributed by atoms with Crippen LogP contribution in [-0.2, 0) is 21.7 Å². The summed E-state index contributed by atoms with van der Waals surface area (Å²) >= 11 is 0. The molecule has 4 rings (SSSR count). The summed E-state index contributed by atoms with van der Waals surface area (Å²) < 4.78 is 0. The summed E-state index contributed by atoms with van der Waals surface area (Å²) in [6.45, 7) is 31.4. The van der Waals surface area contributed by atoms with Crippen LogP contribution in [0.25, 0.3) is 0 Å². The third kappa shape index (κ3) is 8.75. The molecule has 2 atom stereocenters. The molecule has 2 unspecified atom stereocenters. The van der Waals surface area contributed by atoms with Gasteiger partial charge in [0.2, 0.25) is 0 Å². The van der Waals surface area contributed by atoms with Gasteiger partial charge in [0.25, 0.3) is 5.91 Å². The number of amides is 1. The van der Waals surface area contributed by atoms with Crippen LogP contribution in [0.4, 0.5) is 5.69 Å². The first-order chi connectivity index (χ1) is 22.9. The van der Waals surface area contributed by atoms with Crippen molar-refractivity contribution in [2.45, 2.75) is 125 Å². The topological polar surface area (TPSA) is 49.4 Å². The van der Waals surface area contributed by atoms with E-state index in [9.17, 15) is 9.59 Å². The van der Waals surface area contributed by atoms with E-state index in [2.05, 4.69) is 144 Å². The molecule has 1 aliphatic carbocycles. The Bertz CT molecular complexity index is 1720. The fraction of sp³-hybridized carbons (Fsp3) is 0.478. The molecule has 0 heterocycles. The van der Waals surface area contributed by atoms with Crippen LogP contribution in [0, 0.1) is 12.3 Å². The molecule has 4 nitrogen and oxygen atoms in total. The van der Waals surface area contributed by atoms with Crippen LogP contribution in [0.3, 0.4) is 0 Å². The predicted octanol–water partition coefficient (Wildman–Crippen LogP) is 10.8.